The van der Waals surface area contributed by atoms with E-state index in [1.165, 1.54) is 0 Å². The molecule has 0 unspecified atom stereocenters. The summed E-state index contributed by atoms with van der Waals surface area (Å²) >= 11 is 0. The zero-order valence-corrected chi connectivity index (χ0v) is 15.5. The fraction of sp³-hybridized carbons (Fsp3) is 0.350. The van der Waals surface area contributed by atoms with Crippen LogP contribution in [0.4, 0.5) is 5.82 Å². The highest BCUT2D eigenvalue weighted by atomic mass is 15.3. The van der Waals surface area contributed by atoms with Crippen molar-refractivity contribution < 1.29 is 0 Å². The van der Waals surface area contributed by atoms with Gasteiger partial charge in [-0.3, -0.25) is 4.40 Å². The van der Waals surface area contributed by atoms with Crippen LogP contribution in [0.5, 0.6) is 0 Å². The third-order valence-corrected chi connectivity index (χ3v) is 5.76. The van der Waals surface area contributed by atoms with Gasteiger partial charge in [-0.25, -0.2) is 9.97 Å². The Balaban J connectivity index is 1.46. The molecule has 0 bridgehead atoms. The highest BCUT2D eigenvalue weighted by Gasteiger charge is 2.37. The normalized spacial score (nSPS) is 21.9. The number of rotatable bonds is 4. The van der Waals surface area contributed by atoms with Crippen molar-refractivity contribution in [1.82, 2.24) is 29.5 Å². The number of nitriles is 1. The molecule has 0 aliphatic heterocycles. The number of anilines is 1. The van der Waals surface area contributed by atoms with E-state index in [1.54, 1.807) is 18.5 Å². The van der Waals surface area contributed by atoms with E-state index >= 15 is 0 Å². The van der Waals surface area contributed by atoms with Crippen LogP contribution < -0.4 is 5.32 Å². The summed E-state index contributed by atoms with van der Waals surface area (Å²) < 4.78 is 2.13. The summed E-state index contributed by atoms with van der Waals surface area (Å²) in [6.07, 6.45) is 8.37. The maximum atomic E-state index is 8.93. The van der Waals surface area contributed by atoms with Crippen molar-refractivity contribution in [2.45, 2.75) is 38.1 Å². The monoisotopic (exact) mass is 372 g/mol. The maximum Gasteiger partial charge on any atom is 0.179 e. The van der Waals surface area contributed by atoms with Gasteiger partial charge >= 0.3 is 0 Å². The predicted molar refractivity (Wildman–Crippen MR) is 105 cm³/mol. The van der Waals surface area contributed by atoms with E-state index in [0.717, 1.165) is 47.7 Å². The van der Waals surface area contributed by atoms with Crippen LogP contribution in [0, 0.1) is 17.2 Å². The van der Waals surface area contributed by atoms with Crippen molar-refractivity contribution in [3.63, 3.8) is 0 Å². The number of aromatic nitrogens is 6. The Morgan fingerprint density at radius 1 is 1.21 bits per heavy atom. The highest BCUT2D eigenvalue weighted by Crippen LogP contribution is 2.42. The number of nitrogens with zero attached hydrogens (tertiary/aromatic N) is 6. The van der Waals surface area contributed by atoms with Gasteiger partial charge in [0.25, 0.3) is 0 Å². The quantitative estimate of drug-likeness (QED) is 0.569. The van der Waals surface area contributed by atoms with E-state index in [1.807, 2.05) is 18.3 Å². The summed E-state index contributed by atoms with van der Waals surface area (Å²) in [4.78, 5) is 11.9. The van der Waals surface area contributed by atoms with Crippen LogP contribution >= 0.6 is 0 Å². The molecule has 8 nitrogen and oxygen atoms in total. The van der Waals surface area contributed by atoms with E-state index in [9.17, 15) is 0 Å². The van der Waals surface area contributed by atoms with Gasteiger partial charge in [-0.1, -0.05) is 13.3 Å². The topological polar surface area (TPSA) is 108 Å². The smallest absolute Gasteiger partial charge is 0.179 e. The molecule has 0 amide bonds. The lowest BCUT2D eigenvalue weighted by Gasteiger charge is -2.15. The molecule has 0 radical (unpaired) electrons. The first-order valence-corrected chi connectivity index (χ1v) is 9.56. The molecule has 8 heteroatoms. The number of hydrogen-bond acceptors (Lipinski definition) is 6. The molecular formula is C20H20N8. The lowest BCUT2D eigenvalue weighted by atomic mass is 9.93. The van der Waals surface area contributed by atoms with Crippen molar-refractivity contribution in [3.05, 3.63) is 48.2 Å². The van der Waals surface area contributed by atoms with Gasteiger partial charge in [0.1, 0.15) is 17.7 Å². The lowest BCUT2D eigenvalue weighted by Crippen LogP contribution is -2.16. The fourth-order valence-electron chi connectivity index (χ4n) is 4.40. The third kappa shape index (κ3) is 2.67. The van der Waals surface area contributed by atoms with Crippen molar-refractivity contribution in [3.8, 4) is 6.07 Å². The Morgan fingerprint density at radius 2 is 2.14 bits per heavy atom. The summed E-state index contributed by atoms with van der Waals surface area (Å²) in [5, 5.41) is 21.4. The van der Waals surface area contributed by atoms with Gasteiger partial charge in [-0.15, -0.1) is 10.2 Å². The summed E-state index contributed by atoms with van der Waals surface area (Å²) in [6, 6.07) is 8.10. The standard InChI is InChI=1S/C20H20N8/c1-2-13-7-14(25-17-4-3-12(9-21)10-23-17)8-15(13)20-27-26-18-11-24-19-16(28(18)20)5-6-22-19/h3-6,10-11,13-15,22H,2,7-8H2,1H3,(H,23,25)/t13-,14+,15-/m0/s1. The SMILES string of the molecule is CC[C@H]1C[C@@H](Nc2ccc(C#N)cn2)C[C@@H]1c1nnc2cnc3[nH]ccc3n12. The zero-order chi connectivity index (χ0) is 19.1. The molecule has 1 aliphatic carbocycles. The van der Waals surface area contributed by atoms with E-state index < -0.39 is 0 Å². The van der Waals surface area contributed by atoms with E-state index in [0.29, 0.717) is 23.4 Å². The first kappa shape index (κ1) is 16.7. The molecule has 1 fully saturated rings. The molecule has 0 saturated heterocycles. The van der Waals surface area contributed by atoms with Gasteiger partial charge in [0.05, 0.1) is 17.3 Å². The minimum atomic E-state index is 0.311. The molecule has 5 rings (SSSR count). The first-order valence-electron chi connectivity index (χ1n) is 9.56. The van der Waals surface area contributed by atoms with Crippen molar-refractivity contribution in [2.75, 3.05) is 5.32 Å². The van der Waals surface area contributed by atoms with Crippen LogP contribution in [-0.4, -0.2) is 35.6 Å². The lowest BCUT2D eigenvalue weighted by molar-refractivity contribution is 0.451. The molecule has 4 heterocycles. The van der Waals surface area contributed by atoms with E-state index in [4.69, 9.17) is 5.26 Å². The van der Waals surface area contributed by atoms with Crippen LogP contribution in [0.2, 0.25) is 0 Å². The Kier molecular flexibility index (Phi) is 3.93. The minimum Gasteiger partial charge on any atom is -0.367 e. The second kappa shape index (κ2) is 6.60. The summed E-state index contributed by atoms with van der Waals surface area (Å²) in [5.41, 5.74) is 3.20. The molecule has 0 aromatic carbocycles. The molecule has 4 aromatic heterocycles. The van der Waals surface area contributed by atoms with E-state index in [2.05, 4.69) is 47.9 Å². The van der Waals surface area contributed by atoms with Gasteiger partial charge < -0.3 is 10.3 Å². The maximum absolute atomic E-state index is 8.93. The molecule has 1 aliphatic rings. The molecule has 2 N–H and O–H groups in total. The number of pyridine rings is 1. The van der Waals surface area contributed by atoms with Crippen LogP contribution in [0.15, 0.2) is 36.8 Å². The molecular weight excluding hydrogens is 352 g/mol. The van der Waals surface area contributed by atoms with Gasteiger partial charge in [0.15, 0.2) is 11.3 Å². The Bertz CT molecular complexity index is 1170. The Labute approximate surface area is 161 Å². The Morgan fingerprint density at radius 3 is 2.93 bits per heavy atom. The van der Waals surface area contributed by atoms with Gasteiger partial charge in [0.2, 0.25) is 0 Å². The molecule has 0 spiro atoms. The zero-order valence-electron chi connectivity index (χ0n) is 15.5. The molecule has 3 atom stereocenters. The van der Waals surface area contributed by atoms with Gasteiger partial charge in [0, 0.05) is 24.4 Å². The largest absolute Gasteiger partial charge is 0.367 e. The summed E-state index contributed by atoms with van der Waals surface area (Å²) in [5.74, 6) is 2.65. The van der Waals surface area contributed by atoms with Crippen molar-refractivity contribution >= 4 is 22.6 Å². The fourth-order valence-corrected chi connectivity index (χ4v) is 4.40. The highest BCUT2D eigenvalue weighted by molar-refractivity contribution is 5.74. The summed E-state index contributed by atoms with van der Waals surface area (Å²) in [7, 11) is 0. The second-order valence-corrected chi connectivity index (χ2v) is 7.35. The first-order chi connectivity index (χ1) is 13.8. The van der Waals surface area contributed by atoms with Crippen molar-refractivity contribution in [2.24, 2.45) is 5.92 Å². The van der Waals surface area contributed by atoms with Crippen LogP contribution in [0.1, 0.15) is 43.5 Å². The van der Waals surface area contributed by atoms with Crippen LogP contribution in [0.3, 0.4) is 0 Å². The van der Waals surface area contributed by atoms with Crippen LogP contribution in [-0.2, 0) is 0 Å². The number of aromatic amines is 1. The number of nitrogens with one attached hydrogen (secondary N) is 2. The number of hydrogen-bond donors (Lipinski definition) is 2. The summed E-state index contributed by atoms with van der Waals surface area (Å²) in [6.45, 7) is 2.23. The average molecular weight is 372 g/mol. The molecule has 4 aromatic rings. The van der Waals surface area contributed by atoms with Gasteiger partial charge in [-0.05, 0) is 37.0 Å². The average Bonchev–Trinajstić information content (AvgIpc) is 3.45. The second-order valence-electron chi connectivity index (χ2n) is 7.35. The minimum absolute atomic E-state index is 0.311. The third-order valence-electron chi connectivity index (χ3n) is 5.76. The Hall–Kier alpha value is -3.47. The molecule has 28 heavy (non-hydrogen) atoms. The van der Waals surface area contributed by atoms with Crippen molar-refractivity contribution in [1.29, 1.82) is 5.26 Å². The molecule has 140 valence electrons. The van der Waals surface area contributed by atoms with Gasteiger partial charge in [-0.2, -0.15) is 5.26 Å². The predicted octanol–water partition coefficient (Wildman–Crippen LogP) is 3.26. The van der Waals surface area contributed by atoms with E-state index in [-0.39, 0.29) is 0 Å². The number of H-pyrrole nitrogens is 1. The number of fused-ring (bicyclic) bond motifs is 3. The van der Waals surface area contributed by atoms with Crippen LogP contribution in [0.25, 0.3) is 16.8 Å². The molecule has 1 saturated carbocycles.